The Morgan fingerprint density at radius 3 is 2.79 bits per heavy atom. The van der Waals surface area contributed by atoms with Gasteiger partial charge in [-0.15, -0.1) is 0 Å². The van der Waals surface area contributed by atoms with Crippen molar-refractivity contribution in [2.24, 2.45) is 5.92 Å². The maximum absolute atomic E-state index is 12.1. The van der Waals surface area contributed by atoms with E-state index in [4.69, 9.17) is 4.52 Å². The monoisotopic (exact) mass is 349 g/mol. The first-order valence-corrected chi connectivity index (χ1v) is 9.40. The maximum atomic E-state index is 12.1. The van der Waals surface area contributed by atoms with Crippen LogP contribution in [0.15, 0.2) is 28.8 Å². The molecule has 2 aromatic rings. The van der Waals surface area contributed by atoms with Gasteiger partial charge in [0.15, 0.2) is 5.82 Å². The number of aryl methyl sites for hydroxylation is 1. The molecular weight excluding hydrogens is 326 g/mol. The number of carbonyl (C=O) groups excluding carboxylic acids is 1. The predicted octanol–water partition coefficient (Wildman–Crippen LogP) is 2.14. The average molecular weight is 349 g/mol. The van der Waals surface area contributed by atoms with E-state index >= 15 is 0 Å². The van der Waals surface area contributed by atoms with Crippen molar-refractivity contribution >= 4 is 16.7 Å². The average Bonchev–Trinajstić information content (AvgIpc) is 2.92. The number of aromatic nitrogens is 2. The molecule has 0 spiro atoms. The van der Waals surface area contributed by atoms with Crippen LogP contribution in [0.25, 0.3) is 0 Å². The minimum atomic E-state index is -1.37. The fraction of sp³-hybridized carbons (Fsp3) is 0.471. The van der Waals surface area contributed by atoms with Gasteiger partial charge in [-0.1, -0.05) is 43.3 Å². The van der Waals surface area contributed by atoms with Crippen LogP contribution in [0.3, 0.4) is 0 Å². The summed E-state index contributed by atoms with van der Waals surface area (Å²) in [5, 5.41) is 6.64. The van der Waals surface area contributed by atoms with Crippen LogP contribution in [0.2, 0.25) is 0 Å². The Hall–Kier alpha value is -2.02. The van der Waals surface area contributed by atoms with Crippen molar-refractivity contribution in [3.8, 4) is 0 Å². The molecule has 0 saturated carbocycles. The highest BCUT2D eigenvalue weighted by Crippen LogP contribution is 2.08. The molecule has 0 bridgehead atoms. The van der Waals surface area contributed by atoms with Gasteiger partial charge in [-0.25, -0.2) is 0 Å². The topological polar surface area (TPSA) is 85.1 Å². The highest BCUT2D eigenvalue weighted by atomic mass is 32.2. The quantitative estimate of drug-likeness (QED) is 0.789. The number of hydrogen-bond donors (Lipinski definition) is 1. The van der Waals surface area contributed by atoms with Crippen LogP contribution in [0.5, 0.6) is 0 Å². The Balaban J connectivity index is 1.78. The number of carbonyl (C=O) groups is 1. The molecule has 24 heavy (non-hydrogen) atoms. The molecule has 1 aromatic heterocycles. The molecule has 6 nitrogen and oxygen atoms in total. The van der Waals surface area contributed by atoms with Gasteiger partial charge in [-0.3, -0.25) is 9.00 Å². The zero-order valence-corrected chi connectivity index (χ0v) is 15.1. The first-order valence-electron chi connectivity index (χ1n) is 7.91. The fourth-order valence-electron chi connectivity index (χ4n) is 2.19. The zero-order valence-electron chi connectivity index (χ0n) is 14.2. The van der Waals surface area contributed by atoms with Gasteiger partial charge in [0.1, 0.15) is 11.5 Å². The van der Waals surface area contributed by atoms with Crippen LogP contribution in [0.1, 0.15) is 36.7 Å². The number of hydrogen-bond acceptors (Lipinski definition) is 5. The van der Waals surface area contributed by atoms with Gasteiger partial charge in [0, 0.05) is 23.8 Å². The van der Waals surface area contributed by atoms with E-state index in [9.17, 15) is 9.00 Å². The van der Waals surface area contributed by atoms with Crippen molar-refractivity contribution in [3.05, 3.63) is 47.1 Å². The fourth-order valence-corrected chi connectivity index (χ4v) is 3.07. The molecule has 0 unspecified atom stereocenters. The van der Waals surface area contributed by atoms with Crippen molar-refractivity contribution in [1.29, 1.82) is 0 Å². The SMILES string of the molecule is Cc1ccccc1CNC(=O)C[S@](=O)Cc1nc(CC(C)C)no1. The lowest BCUT2D eigenvalue weighted by Gasteiger charge is -2.07. The number of amides is 1. The second-order valence-electron chi connectivity index (χ2n) is 6.13. The highest BCUT2D eigenvalue weighted by Gasteiger charge is 2.14. The van der Waals surface area contributed by atoms with E-state index < -0.39 is 10.8 Å². The number of benzene rings is 1. The minimum Gasteiger partial charge on any atom is -0.351 e. The molecule has 1 atom stereocenters. The van der Waals surface area contributed by atoms with Gasteiger partial charge >= 0.3 is 0 Å². The molecule has 0 aliphatic carbocycles. The summed E-state index contributed by atoms with van der Waals surface area (Å²) in [6.45, 7) is 6.55. The second-order valence-corrected chi connectivity index (χ2v) is 7.59. The number of nitrogens with zero attached hydrogens (tertiary/aromatic N) is 2. The summed E-state index contributed by atoms with van der Waals surface area (Å²) in [5.74, 6) is 1.12. The van der Waals surface area contributed by atoms with Gasteiger partial charge in [0.05, 0.1) is 0 Å². The van der Waals surface area contributed by atoms with E-state index in [1.54, 1.807) is 0 Å². The molecule has 0 fully saturated rings. The second kappa shape index (κ2) is 8.73. The molecule has 1 N–H and O–H groups in total. The summed E-state index contributed by atoms with van der Waals surface area (Å²) in [6, 6.07) is 7.83. The van der Waals surface area contributed by atoms with E-state index in [-0.39, 0.29) is 17.4 Å². The van der Waals surface area contributed by atoms with Crippen molar-refractivity contribution in [3.63, 3.8) is 0 Å². The summed E-state index contributed by atoms with van der Waals surface area (Å²) in [6.07, 6.45) is 0.715. The number of rotatable bonds is 8. The molecule has 130 valence electrons. The summed E-state index contributed by atoms with van der Waals surface area (Å²) in [4.78, 5) is 16.1. The molecule has 0 aliphatic heterocycles. The lowest BCUT2D eigenvalue weighted by Crippen LogP contribution is -2.28. The van der Waals surface area contributed by atoms with Gasteiger partial charge in [0.25, 0.3) is 0 Å². The van der Waals surface area contributed by atoms with Crippen molar-refractivity contribution in [2.45, 2.75) is 39.5 Å². The van der Waals surface area contributed by atoms with Crippen molar-refractivity contribution in [2.75, 3.05) is 5.75 Å². The maximum Gasteiger partial charge on any atom is 0.239 e. The summed E-state index contributed by atoms with van der Waals surface area (Å²) >= 11 is 0. The van der Waals surface area contributed by atoms with E-state index in [1.165, 1.54) is 0 Å². The van der Waals surface area contributed by atoms with Gasteiger partial charge in [-0.05, 0) is 24.0 Å². The summed E-state index contributed by atoms with van der Waals surface area (Å²) in [7, 11) is -1.37. The van der Waals surface area contributed by atoms with Crippen molar-refractivity contribution in [1.82, 2.24) is 15.5 Å². The Kier molecular flexibility index (Phi) is 6.66. The van der Waals surface area contributed by atoms with E-state index in [1.807, 2.05) is 31.2 Å². The Morgan fingerprint density at radius 2 is 2.08 bits per heavy atom. The smallest absolute Gasteiger partial charge is 0.239 e. The molecule has 0 aliphatic rings. The lowest BCUT2D eigenvalue weighted by molar-refractivity contribution is -0.118. The van der Waals surface area contributed by atoms with E-state index in [2.05, 4.69) is 29.3 Å². The summed E-state index contributed by atoms with van der Waals surface area (Å²) < 4.78 is 17.1. The first kappa shape index (κ1) is 18.3. The van der Waals surface area contributed by atoms with Crippen LogP contribution in [0, 0.1) is 12.8 Å². The standard InChI is InChI=1S/C17H23N3O3S/c1-12(2)8-15-19-17(23-20-15)11-24(22)10-16(21)18-9-14-7-5-4-6-13(14)3/h4-7,12H,8-11H2,1-3H3,(H,18,21)/t24-/m0/s1. The molecule has 0 radical (unpaired) electrons. The minimum absolute atomic E-state index is 0.0756. The third kappa shape index (κ3) is 5.88. The molecular formula is C17H23N3O3S. The molecule has 1 aromatic carbocycles. The van der Waals surface area contributed by atoms with Crippen molar-refractivity contribution < 1.29 is 13.5 Å². The van der Waals surface area contributed by atoms with Crippen LogP contribution in [-0.4, -0.2) is 26.0 Å². The normalized spacial score (nSPS) is 12.3. The Bertz CT molecular complexity index is 713. The lowest BCUT2D eigenvalue weighted by atomic mass is 10.1. The predicted molar refractivity (Wildman–Crippen MR) is 92.6 cm³/mol. The van der Waals surface area contributed by atoms with Gasteiger partial charge < -0.3 is 9.84 Å². The summed E-state index contributed by atoms with van der Waals surface area (Å²) in [5.41, 5.74) is 2.16. The largest absolute Gasteiger partial charge is 0.351 e. The Labute approximate surface area is 144 Å². The molecule has 7 heteroatoms. The first-order chi connectivity index (χ1) is 11.4. The third-order valence-electron chi connectivity index (χ3n) is 3.41. The Morgan fingerprint density at radius 1 is 1.33 bits per heavy atom. The number of nitrogens with one attached hydrogen (secondary N) is 1. The van der Waals surface area contributed by atoms with E-state index in [0.717, 1.165) is 11.1 Å². The zero-order chi connectivity index (χ0) is 17.5. The van der Waals surface area contributed by atoms with Crippen LogP contribution < -0.4 is 5.32 Å². The third-order valence-corrected chi connectivity index (χ3v) is 4.57. The highest BCUT2D eigenvalue weighted by molar-refractivity contribution is 7.84. The molecule has 0 saturated heterocycles. The van der Waals surface area contributed by atoms with Gasteiger partial charge in [-0.2, -0.15) is 4.98 Å². The van der Waals surface area contributed by atoms with Gasteiger partial charge in [0.2, 0.25) is 11.8 Å². The van der Waals surface area contributed by atoms with Crippen LogP contribution >= 0.6 is 0 Å². The van der Waals surface area contributed by atoms with E-state index in [0.29, 0.717) is 30.6 Å². The molecule has 1 amide bonds. The molecule has 2 rings (SSSR count). The van der Waals surface area contributed by atoms with Crippen LogP contribution in [0.4, 0.5) is 0 Å². The molecule has 1 heterocycles. The van der Waals surface area contributed by atoms with Crippen LogP contribution in [-0.2, 0) is 34.3 Å².